The standard InChI is InChI=1S/C10H12B3NO.C8H10O2/c1-9-3-4-14(2)8(9)10(12,13)7(15)6(11)5-9;1-9-7-5-3-4-6-8(7)10-2/h5,8H,3-4H2,1-2H3;3-6H,1-2H3/t8?,9-;/m1./s1. The van der Waals surface area contributed by atoms with Crippen LogP contribution in [0.4, 0.5) is 0 Å². The number of benzene rings is 1. The van der Waals surface area contributed by atoms with E-state index in [4.69, 9.17) is 33.0 Å². The predicted octanol–water partition coefficient (Wildman–Crippen LogP) is 1.49. The number of methoxy groups -OCH3 is 2. The highest BCUT2D eigenvalue weighted by molar-refractivity contribution is 6.58. The summed E-state index contributed by atoms with van der Waals surface area (Å²) in [6.45, 7) is 2.93. The Kier molecular flexibility index (Phi) is 5.77. The summed E-state index contributed by atoms with van der Waals surface area (Å²) in [5.41, 5.74) is 0.0185. The quantitative estimate of drug-likeness (QED) is 0.769. The van der Waals surface area contributed by atoms with Gasteiger partial charge in [-0.15, -0.1) is 0 Å². The Bertz CT molecular complexity index is 654. The smallest absolute Gasteiger partial charge is 0.160 e. The average Bonchev–Trinajstić information content (AvgIpc) is 2.89. The molecule has 0 amide bonds. The van der Waals surface area contributed by atoms with E-state index in [1.54, 1.807) is 14.2 Å². The fourth-order valence-electron chi connectivity index (χ4n) is 3.83. The van der Waals surface area contributed by atoms with Gasteiger partial charge in [0.2, 0.25) is 0 Å². The number of ketones is 1. The Labute approximate surface area is 154 Å². The second-order valence-corrected chi connectivity index (χ2v) is 6.86. The fraction of sp³-hybridized carbons (Fsp3) is 0.500. The van der Waals surface area contributed by atoms with Crippen molar-refractivity contribution in [3.8, 4) is 11.5 Å². The van der Waals surface area contributed by atoms with E-state index in [1.165, 1.54) is 0 Å². The van der Waals surface area contributed by atoms with Gasteiger partial charge in [0.15, 0.2) is 11.5 Å². The van der Waals surface area contributed by atoms with Gasteiger partial charge in [-0.3, -0.25) is 4.79 Å². The monoisotopic (exact) mass is 333 g/mol. The molecule has 3 rings (SSSR count). The molecule has 7 heteroatoms. The van der Waals surface area contributed by atoms with Crippen molar-refractivity contribution in [3.63, 3.8) is 0 Å². The third-order valence-corrected chi connectivity index (χ3v) is 4.95. The molecule has 0 spiro atoms. The molecule has 1 aromatic rings. The van der Waals surface area contributed by atoms with Crippen LogP contribution in [0.1, 0.15) is 13.3 Å². The molecule has 0 aromatic heterocycles. The minimum absolute atomic E-state index is 0.162. The zero-order valence-electron chi connectivity index (χ0n) is 15.3. The molecule has 6 radical (unpaired) electrons. The van der Waals surface area contributed by atoms with Crippen LogP contribution in [0.15, 0.2) is 35.8 Å². The normalized spacial score (nSPS) is 27.6. The summed E-state index contributed by atoms with van der Waals surface area (Å²) in [6, 6.07) is 7.37. The van der Waals surface area contributed by atoms with E-state index < -0.39 is 5.21 Å². The molecule has 1 unspecified atom stereocenters. The molecule has 1 fully saturated rings. The van der Waals surface area contributed by atoms with E-state index in [2.05, 4.69) is 6.92 Å². The Hall–Kier alpha value is -1.62. The van der Waals surface area contributed by atoms with Gasteiger partial charge >= 0.3 is 0 Å². The second-order valence-electron chi connectivity index (χ2n) is 6.86. The van der Waals surface area contributed by atoms with E-state index in [0.717, 1.165) is 24.5 Å². The molecule has 0 N–H and O–H groups in total. The van der Waals surface area contributed by atoms with E-state index in [-0.39, 0.29) is 22.7 Å². The highest BCUT2D eigenvalue weighted by Gasteiger charge is 2.53. The minimum atomic E-state index is -1.36. The van der Waals surface area contributed by atoms with Crippen molar-refractivity contribution in [2.75, 3.05) is 27.8 Å². The van der Waals surface area contributed by atoms with Crippen molar-refractivity contribution >= 4 is 29.3 Å². The number of hydrogen-bond donors (Lipinski definition) is 0. The van der Waals surface area contributed by atoms with Gasteiger partial charge in [-0.2, -0.15) is 0 Å². The number of carbonyl (C=O) groups excluding carboxylic acids is 1. The van der Waals surface area contributed by atoms with Crippen molar-refractivity contribution in [1.82, 2.24) is 4.90 Å². The van der Waals surface area contributed by atoms with Crippen molar-refractivity contribution in [2.24, 2.45) is 5.41 Å². The molecule has 2 atom stereocenters. The molecule has 0 bridgehead atoms. The maximum atomic E-state index is 11.8. The molecule has 0 saturated carbocycles. The summed E-state index contributed by atoms with van der Waals surface area (Å²) in [6.07, 6.45) is 2.75. The lowest BCUT2D eigenvalue weighted by Gasteiger charge is -2.47. The topological polar surface area (TPSA) is 38.8 Å². The first-order chi connectivity index (χ1) is 11.7. The van der Waals surface area contributed by atoms with Crippen LogP contribution in [0, 0.1) is 5.41 Å². The van der Waals surface area contributed by atoms with Gasteiger partial charge in [0, 0.05) is 11.5 Å². The maximum Gasteiger partial charge on any atom is 0.160 e. The largest absolute Gasteiger partial charge is 0.493 e. The van der Waals surface area contributed by atoms with Crippen molar-refractivity contribution in [3.05, 3.63) is 35.8 Å². The van der Waals surface area contributed by atoms with E-state index in [0.29, 0.717) is 0 Å². The van der Waals surface area contributed by atoms with Gasteiger partial charge in [-0.05, 0) is 37.4 Å². The number of para-hydroxylation sites is 2. The summed E-state index contributed by atoms with van der Waals surface area (Å²) >= 11 is 0. The number of hydrogen-bond acceptors (Lipinski definition) is 4. The van der Waals surface area contributed by atoms with Gasteiger partial charge in [0.1, 0.15) is 13.6 Å². The highest BCUT2D eigenvalue weighted by atomic mass is 16.5. The lowest BCUT2D eigenvalue weighted by molar-refractivity contribution is -0.118. The lowest BCUT2D eigenvalue weighted by atomic mass is 9.40. The number of carbonyl (C=O) groups is 1. The predicted molar refractivity (Wildman–Crippen MR) is 102 cm³/mol. The molecule has 25 heavy (non-hydrogen) atoms. The third-order valence-electron chi connectivity index (χ3n) is 4.95. The average molecular weight is 333 g/mol. The van der Waals surface area contributed by atoms with Gasteiger partial charge in [-0.1, -0.05) is 30.6 Å². The molecular weight excluding hydrogens is 311 g/mol. The Morgan fingerprint density at radius 1 is 1.16 bits per heavy atom. The van der Waals surface area contributed by atoms with Crippen molar-refractivity contribution < 1.29 is 14.3 Å². The summed E-state index contributed by atoms with van der Waals surface area (Å²) in [5.74, 6) is 1.19. The third kappa shape index (κ3) is 3.66. The minimum Gasteiger partial charge on any atom is -0.493 e. The van der Waals surface area contributed by atoms with Crippen molar-refractivity contribution in [1.29, 1.82) is 0 Å². The molecule has 2 aliphatic rings. The molecule has 1 heterocycles. The molecule has 1 saturated heterocycles. The first-order valence-electron chi connectivity index (χ1n) is 8.15. The van der Waals surface area contributed by atoms with Gasteiger partial charge in [0.05, 0.1) is 29.9 Å². The van der Waals surface area contributed by atoms with Crippen LogP contribution in [0.25, 0.3) is 0 Å². The summed E-state index contributed by atoms with van der Waals surface area (Å²) in [5, 5.41) is -1.36. The van der Waals surface area contributed by atoms with Crippen LogP contribution >= 0.6 is 0 Å². The number of likely N-dealkylation sites (tertiary alicyclic amines) is 1. The molecule has 1 aromatic carbocycles. The van der Waals surface area contributed by atoms with Crippen LogP contribution < -0.4 is 9.47 Å². The summed E-state index contributed by atoms with van der Waals surface area (Å²) in [7, 11) is 22.7. The molecular formula is C18H22B3NO3. The highest BCUT2D eigenvalue weighted by Crippen LogP contribution is 2.51. The summed E-state index contributed by atoms with van der Waals surface area (Å²) in [4.78, 5) is 13.8. The van der Waals surface area contributed by atoms with Gasteiger partial charge in [0.25, 0.3) is 0 Å². The lowest BCUT2D eigenvalue weighted by Crippen LogP contribution is -2.53. The molecule has 1 aliphatic carbocycles. The molecule has 126 valence electrons. The fourth-order valence-corrected chi connectivity index (χ4v) is 3.83. The van der Waals surface area contributed by atoms with Crippen molar-refractivity contribution in [2.45, 2.75) is 24.6 Å². The number of ether oxygens (including phenoxy) is 2. The number of nitrogens with zero attached hydrogens (tertiary/aromatic N) is 1. The van der Waals surface area contributed by atoms with Crippen LogP contribution in [-0.2, 0) is 4.79 Å². The van der Waals surface area contributed by atoms with Crippen LogP contribution in [0.3, 0.4) is 0 Å². The Morgan fingerprint density at radius 2 is 1.68 bits per heavy atom. The number of fused-ring (bicyclic) bond motifs is 1. The number of Topliss-reactive ketones (excluding diaryl/α,β-unsaturated/α-hetero) is 1. The van der Waals surface area contributed by atoms with Gasteiger partial charge < -0.3 is 14.4 Å². The molecule has 1 aliphatic heterocycles. The number of allylic oxidation sites excluding steroid dienone is 1. The Morgan fingerprint density at radius 3 is 2.16 bits per heavy atom. The first kappa shape index (κ1) is 19.7. The van der Waals surface area contributed by atoms with Crippen LogP contribution in [0.2, 0.25) is 5.21 Å². The van der Waals surface area contributed by atoms with E-state index in [9.17, 15) is 4.79 Å². The summed E-state index contributed by atoms with van der Waals surface area (Å²) < 4.78 is 10.0. The first-order valence-corrected chi connectivity index (χ1v) is 8.15. The van der Waals surface area contributed by atoms with Gasteiger partial charge in [-0.25, -0.2) is 0 Å². The van der Waals surface area contributed by atoms with Crippen LogP contribution in [-0.4, -0.2) is 68.1 Å². The zero-order chi connectivity index (χ0) is 18.8. The second kappa shape index (κ2) is 7.32. The SMILES string of the molecule is COc1ccccc1OC.[B]C1=C[C@@]2(C)CCN(C)C2C([B])([B])C1=O. The Balaban J connectivity index is 0.000000196. The zero-order valence-corrected chi connectivity index (χ0v) is 15.3. The van der Waals surface area contributed by atoms with Crippen LogP contribution in [0.5, 0.6) is 11.5 Å². The van der Waals surface area contributed by atoms with E-state index >= 15 is 0 Å². The number of rotatable bonds is 2. The maximum absolute atomic E-state index is 11.8. The molecule has 4 nitrogen and oxygen atoms in total. The van der Waals surface area contributed by atoms with E-state index in [1.807, 2.05) is 42.3 Å².